The van der Waals surface area contributed by atoms with Gasteiger partial charge in [0.25, 0.3) is 0 Å². The van der Waals surface area contributed by atoms with E-state index in [1.165, 1.54) is 122 Å². The SMILES string of the molecule is COc1cc(/C=C/C(=O)OC[C@@H]2O[C@H](O[C@@]3(COC(=O)/C=C/c4ccc(O)cc4)O[C@H](COC(=O)/C=C/c4ccc(O)cc4)[C@@H](O)[C@@H]3OC(=O)/C=C/c3ccc(O)cc3)[C@@H](O)[C@H](O)[C@H]2O)ccc1O. The second-order valence-electron chi connectivity index (χ2n) is 15.4. The summed E-state index contributed by atoms with van der Waals surface area (Å²) in [6.07, 6.45) is -6.19. The van der Waals surface area contributed by atoms with Gasteiger partial charge < -0.3 is 78.7 Å². The molecule has 20 heteroatoms. The van der Waals surface area contributed by atoms with Gasteiger partial charge in [-0.1, -0.05) is 42.5 Å². The first-order chi connectivity index (χ1) is 33.0. The van der Waals surface area contributed by atoms with Crippen molar-refractivity contribution in [3.8, 4) is 28.7 Å². The molecule has 4 aromatic rings. The topological polar surface area (TPSA) is 304 Å². The summed E-state index contributed by atoms with van der Waals surface area (Å²) in [4.78, 5) is 52.4. The van der Waals surface area contributed by atoms with Crippen molar-refractivity contribution >= 4 is 48.2 Å². The summed E-state index contributed by atoms with van der Waals surface area (Å²) >= 11 is 0. The second kappa shape index (κ2) is 23.4. The Hall–Kier alpha value is -7.56. The molecule has 2 heterocycles. The minimum atomic E-state index is -2.69. The monoisotopic (exact) mass is 956 g/mol. The number of aliphatic hydroxyl groups is 4. The summed E-state index contributed by atoms with van der Waals surface area (Å²) in [7, 11) is 1.34. The minimum absolute atomic E-state index is 0.00809. The largest absolute Gasteiger partial charge is 0.508 e. The maximum absolute atomic E-state index is 13.5. The van der Waals surface area contributed by atoms with Gasteiger partial charge in [0.15, 0.2) is 23.9 Å². The third-order valence-electron chi connectivity index (χ3n) is 10.4. The van der Waals surface area contributed by atoms with Crippen LogP contribution in [0.4, 0.5) is 0 Å². The van der Waals surface area contributed by atoms with Crippen molar-refractivity contribution in [3.63, 3.8) is 0 Å². The van der Waals surface area contributed by atoms with Gasteiger partial charge >= 0.3 is 23.9 Å². The number of ether oxygens (including phenoxy) is 8. The van der Waals surface area contributed by atoms with Crippen LogP contribution >= 0.6 is 0 Å². The number of benzene rings is 4. The number of methoxy groups -OCH3 is 1. The Morgan fingerprint density at radius 1 is 0.551 bits per heavy atom. The molecule has 69 heavy (non-hydrogen) atoms. The Kier molecular flexibility index (Phi) is 17.3. The molecule has 0 unspecified atom stereocenters. The van der Waals surface area contributed by atoms with Gasteiger partial charge in [-0.05, 0) is 95.1 Å². The van der Waals surface area contributed by atoms with E-state index in [9.17, 15) is 60.0 Å². The van der Waals surface area contributed by atoms with E-state index in [4.69, 9.17) is 37.9 Å². The van der Waals surface area contributed by atoms with Crippen molar-refractivity contribution in [1.29, 1.82) is 0 Å². The van der Waals surface area contributed by atoms with Crippen molar-refractivity contribution < 1.29 is 97.9 Å². The number of aromatic hydroxyl groups is 4. The van der Waals surface area contributed by atoms with E-state index in [-0.39, 0.29) is 28.7 Å². The first kappa shape index (κ1) is 50.8. The summed E-state index contributed by atoms with van der Waals surface area (Å²) in [5, 5.41) is 83.7. The Morgan fingerprint density at radius 2 is 1.00 bits per heavy atom. The lowest BCUT2D eigenvalue weighted by Gasteiger charge is -2.43. The van der Waals surface area contributed by atoms with E-state index in [1.54, 1.807) is 0 Å². The van der Waals surface area contributed by atoms with Crippen LogP contribution in [0, 0.1) is 0 Å². The molecule has 0 bridgehead atoms. The molecule has 8 N–H and O–H groups in total. The maximum Gasteiger partial charge on any atom is 0.331 e. The predicted molar refractivity (Wildman–Crippen MR) is 239 cm³/mol. The van der Waals surface area contributed by atoms with Crippen LogP contribution in [0.5, 0.6) is 28.7 Å². The molecule has 9 atom stereocenters. The van der Waals surface area contributed by atoms with Crippen LogP contribution in [0.2, 0.25) is 0 Å². The number of hydrogen-bond donors (Lipinski definition) is 8. The van der Waals surface area contributed by atoms with Gasteiger partial charge in [0.1, 0.15) is 73.7 Å². The van der Waals surface area contributed by atoms with Gasteiger partial charge in [0, 0.05) is 24.3 Å². The van der Waals surface area contributed by atoms with Gasteiger partial charge in [0.05, 0.1) is 7.11 Å². The molecule has 4 aromatic carbocycles. The van der Waals surface area contributed by atoms with Gasteiger partial charge in [-0.2, -0.15) is 0 Å². The van der Waals surface area contributed by atoms with Crippen molar-refractivity contribution in [2.75, 3.05) is 26.9 Å². The molecule has 0 aromatic heterocycles. The highest BCUT2D eigenvalue weighted by atomic mass is 16.8. The number of phenolic OH excluding ortho intramolecular Hbond substituents is 4. The van der Waals surface area contributed by atoms with Crippen molar-refractivity contribution in [3.05, 3.63) is 138 Å². The Balaban J connectivity index is 1.27. The highest BCUT2D eigenvalue weighted by Gasteiger charge is 2.62. The van der Waals surface area contributed by atoms with Crippen LogP contribution in [0.15, 0.2) is 115 Å². The van der Waals surface area contributed by atoms with Gasteiger partial charge in [-0.15, -0.1) is 0 Å². The molecule has 0 saturated carbocycles. The molecule has 364 valence electrons. The fourth-order valence-electron chi connectivity index (χ4n) is 6.75. The fraction of sp³-hybridized carbons (Fsp3) is 0.265. The minimum Gasteiger partial charge on any atom is -0.508 e. The summed E-state index contributed by atoms with van der Waals surface area (Å²) < 4.78 is 45.0. The van der Waals surface area contributed by atoms with Gasteiger partial charge in [-0.25, -0.2) is 19.2 Å². The zero-order valence-corrected chi connectivity index (χ0v) is 36.5. The predicted octanol–water partition coefficient (Wildman–Crippen LogP) is 2.49. The van der Waals surface area contributed by atoms with Crippen LogP contribution in [0.1, 0.15) is 22.3 Å². The van der Waals surface area contributed by atoms with Crippen LogP contribution < -0.4 is 4.74 Å². The fourth-order valence-corrected chi connectivity index (χ4v) is 6.75. The van der Waals surface area contributed by atoms with E-state index in [0.717, 1.165) is 24.3 Å². The molecule has 0 aliphatic carbocycles. The summed E-state index contributed by atoms with van der Waals surface area (Å²) in [5.74, 6) is -6.87. The van der Waals surface area contributed by atoms with Gasteiger partial charge in [-0.3, -0.25) is 0 Å². The van der Waals surface area contributed by atoms with Crippen LogP contribution in [0.25, 0.3) is 24.3 Å². The first-order valence-corrected chi connectivity index (χ1v) is 20.9. The van der Waals surface area contributed by atoms with E-state index in [0.29, 0.717) is 22.3 Å². The number of aliphatic hydroxyl groups excluding tert-OH is 4. The average molecular weight is 957 g/mol. The standard InChI is InChI=1S/C49H48O20/c1-62-36-24-31(8-19-35(36)53)12-22-40(55)63-25-37-43(58)45(60)46(61)48(66-37)69-49(27-65-41(56)21-10-29-4-15-33(51)16-5-29)47(67-42(57)23-11-30-6-17-34(52)18-7-30)44(59)38(68-49)26-64-39(54)20-9-28-2-13-32(50)14-3-28/h2-24,37-38,43-48,50-53,58-61H,25-27H2,1H3/b20-9+,21-10+,22-12+,23-11+/t37-,38+,43-,44+,45+,46-,47-,48+,49+/m0/s1. The molecule has 0 radical (unpaired) electrons. The third kappa shape index (κ3) is 14.0. The number of rotatable bonds is 18. The molecular weight excluding hydrogens is 909 g/mol. The zero-order chi connectivity index (χ0) is 49.7. The molecule has 2 aliphatic heterocycles. The lowest BCUT2D eigenvalue weighted by Crippen LogP contribution is -2.63. The lowest BCUT2D eigenvalue weighted by atomic mass is 9.98. The Labute approximate surface area is 393 Å². The number of hydrogen-bond acceptors (Lipinski definition) is 20. The van der Waals surface area contributed by atoms with E-state index < -0.39 is 98.5 Å². The first-order valence-electron chi connectivity index (χ1n) is 20.9. The highest BCUT2D eigenvalue weighted by molar-refractivity contribution is 5.89. The van der Waals surface area contributed by atoms with Crippen LogP contribution in [0.3, 0.4) is 0 Å². The summed E-state index contributed by atoms with van der Waals surface area (Å²) in [5.41, 5.74) is 1.85. The van der Waals surface area contributed by atoms with Crippen molar-refractivity contribution in [1.82, 2.24) is 0 Å². The quantitative estimate of drug-likeness (QED) is 0.0404. The Bertz CT molecular complexity index is 2520. The number of phenols is 4. The van der Waals surface area contributed by atoms with Crippen molar-refractivity contribution in [2.45, 2.75) is 54.8 Å². The molecule has 2 aliphatic rings. The molecule has 2 fully saturated rings. The maximum atomic E-state index is 13.5. The van der Waals surface area contributed by atoms with Crippen molar-refractivity contribution in [2.24, 2.45) is 0 Å². The molecule has 2 saturated heterocycles. The van der Waals surface area contributed by atoms with Crippen LogP contribution in [-0.4, -0.2) is 146 Å². The molecule has 0 spiro atoms. The number of carbonyl (C=O) groups is 4. The number of esters is 4. The van der Waals surface area contributed by atoms with Crippen LogP contribution in [-0.2, 0) is 52.3 Å². The highest BCUT2D eigenvalue weighted by Crippen LogP contribution is 2.39. The van der Waals surface area contributed by atoms with Gasteiger partial charge in [0.2, 0.25) is 5.79 Å². The van der Waals surface area contributed by atoms with E-state index >= 15 is 0 Å². The van der Waals surface area contributed by atoms with E-state index in [2.05, 4.69) is 0 Å². The molecule has 6 rings (SSSR count). The molecular formula is C49H48O20. The zero-order valence-electron chi connectivity index (χ0n) is 36.5. The molecule has 0 amide bonds. The summed E-state index contributed by atoms with van der Waals surface area (Å²) in [6, 6.07) is 21.5. The second-order valence-corrected chi connectivity index (χ2v) is 15.4. The summed E-state index contributed by atoms with van der Waals surface area (Å²) in [6.45, 7) is -2.57. The molecule has 20 nitrogen and oxygen atoms in total. The Morgan fingerprint density at radius 3 is 1.51 bits per heavy atom. The normalized spacial score (nSPS) is 24.7. The average Bonchev–Trinajstić information content (AvgIpc) is 3.59. The smallest absolute Gasteiger partial charge is 0.331 e. The number of carbonyl (C=O) groups excluding carboxylic acids is 4. The third-order valence-corrected chi connectivity index (χ3v) is 10.4. The van der Waals surface area contributed by atoms with E-state index in [1.807, 2.05) is 0 Å². The lowest BCUT2D eigenvalue weighted by molar-refractivity contribution is -0.383.